The smallest absolute Gasteiger partial charge is 0.301 e. The van der Waals surface area contributed by atoms with Crippen molar-refractivity contribution in [2.24, 2.45) is 0 Å². The molecule has 4 atom stereocenters. The van der Waals surface area contributed by atoms with E-state index in [9.17, 15) is 15.3 Å². The molecule has 1 unspecified atom stereocenters. The van der Waals surface area contributed by atoms with Crippen LogP contribution < -0.4 is 10.5 Å². The van der Waals surface area contributed by atoms with Crippen molar-refractivity contribution in [2.45, 2.75) is 24.5 Å². The largest absolute Gasteiger partial charge is 0.460 e. The highest BCUT2D eigenvalue weighted by molar-refractivity contribution is 5.82. The molecule has 23 heavy (non-hydrogen) atoms. The van der Waals surface area contributed by atoms with Crippen molar-refractivity contribution in [1.82, 2.24) is 19.5 Å². The number of nitrogen functional groups attached to an aromatic ring is 1. The molecule has 1 aliphatic rings. The number of ether oxygens (including phenoxy) is 2. The molecule has 1 fully saturated rings. The van der Waals surface area contributed by atoms with Crippen LogP contribution in [-0.2, 0) is 4.74 Å². The van der Waals surface area contributed by atoms with E-state index < -0.39 is 31.1 Å². The Morgan fingerprint density at radius 1 is 1.39 bits per heavy atom. The maximum absolute atomic E-state index is 10.2. The number of aliphatic hydroxyl groups excluding tert-OH is 3. The molecule has 1 aliphatic heterocycles. The van der Waals surface area contributed by atoms with Gasteiger partial charge >= 0.3 is 6.01 Å². The third-order valence-corrected chi connectivity index (χ3v) is 3.57. The van der Waals surface area contributed by atoms with E-state index in [-0.39, 0.29) is 29.6 Å². The molecule has 0 radical (unpaired) electrons. The molecule has 0 aromatic carbocycles. The van der Waals surface area contributed by atoms with E-state index in [1.807, 2.05) is 0 Å². The normalized spacial score (nSPS) is 27.4. The van der Waals surface area contributed by atoms with E-state index in [4.69, 9.17) is 15.2 Å². The Bertz CT molecular complexity index is 720. The number of aliphatic hydroxyl groups is 3. The number of aromatic nitrogens is 4. The van der Waals surface area contributed by atoms with Crippen LogP contribution in [0, 0.1) is 0 Å². The van der Waals surface area contributed by atoms with Gasteiger partial charge in [-0.05, 0) is 0 Å². The average Bonchev–Trinajstić information content (AvgIpc) is 3.05. The molecule has 10 heteroatoms. The summed E-state index contributed by atoms with van der Waals surface area (Å²) in [6.07, 6.45) is -1.76. The van der Waals surface area contributed by atoms with Crippen molar-refractivity contribution in [3.05, 3.63) is 19.0 Å². The molecule has 5 N–H and O–H groups in total. The van der Waals surface area contributed by atoms with Crippen molar-refractivity contribution >= 4 is 17.0 Å². The molecule has 1 saturated heterocycles. The molecule has 0 amide bonds. The van der Waals surface area contributed by atoms with Gasteiger partial charge in [0.25, 0.3) is 0 Å². The van der Waals surface area contributed by atoms with Crippen LogP contribution in [0.15, 0.2) is 19.0 Å². The molecule has 2 aromatic rings. The second-order valence-corrected chi connectivity index (χ2v) is 5.02. The summed E-state index contributed by atoms with van der Waals surface area (Å²) in [5, 5.41) is 29.4. The summed E-state index contributed by atoms with van der Waals surface area (Å²) < 4.78 is 12.4. The van der Waals surface area contributed by atoms with E-state index in [0.29, 0.717) is 0 Å². The Hall–Kier alpha value is -2.27. The zero-order valence-corrected chi connectivity index (χ0v) is 12.1. The first kappa shape index (κ1) is 15.6. The standard InChI is InChI=1S/C13H17N5O5/c1-2-3-22-13-17-7-10(14)15-5-16-11(7)18(13)12-9(21)8(20)6(4-19)23-12/h2,5-6,8-9,12,19-21H,1,3-4H2,(H2,14,15,16)/t6-,8?,9+,12-/m1/s1. The molecule has 124 valence electrons. The van der Waals surface area contributed by atoms with Crippen LogP contribution in [0.25, 0.3) is 11.2 Å². The number of fused-ring (bicyclic) bond motifs is 1. The first-order chi connectivity index (χ1) is 11.1. The second kappa shape index (κ2) is 6.08. The molecule has 0 spiro atoms. The Labute approximate surface area is 130 Å². The number of hydrogen-bond acceptors (Lipinski definition) is 9. The Morgan fingerprint density at radius 2 is 2.17 bits per heavy atom. The van der Waals surface area contributed by atoms with E-state index in [1.54, 1.807) is 0 Å². The molecular formula is C13H17N5O5. The van der Waals surface area contributed by atoms with Gasteiger partial charge in [0.15, 0.2) is 23.2 Å². The maximum atomic E-state index is 10.2. The SMILES string of the molecule is C=CCOc1nc2c(N)ncnc2n1[C@@H]1O[C@H](CO)C(O)[C@@H]1O. The predicted molar refractivity (Wildman–Crippen MR) is 78.4 cm³/mol. The van der Waals surface area contributed by atoms with Crippen molar-refractivity contribution in [3.63, 3.8) is 0 Å². The van der Waals surface area contributed by atoms with Crippen molar-refractivity contribution in [2.75, 3.05) is 18.9 Å². The van der Waals surface area contributed by atoms with Crippen molar-refractivity contribution < 1.29 is 24.8 Å². The number of hydrogen-bond donors (Lipinski definition) is 4. The van der Waals surface area contributed by atoms with Gasteiger partial charge in [-0.25, -0.2) is 14.5 Å². The van der Waals surface area contributed by atoms with E-state index in [0.717, 1.165) is 0 Å². The quantitative estimate of drug-likeness (QED) is 0.486. The summed E-state index contributed by atoms with van der Waals surface area (Å²) >= 11 is 0. The van der Waals surface area contributed by atoms with Gasteiger partial charge in [-0.3, -0.25) is 0 Å². The third-order valence-electron chi connectivity index (χ3n) is 3.57. The molecule has 10 nitrogen and oxygen atoms in total. The zero-order chi connectivity index (χ0) is 16.6. The van der Waals surface area contributed by atoms with Crippen LogP contribution in [0.3, 0.4) is 0 Å². The Balaban J connectivity index is 2.11. The fraction of sp³-hybridized carbons (Fsp3) is 0.462. The highest BCUT2D eigenvalue weighted by Gasteiger charge is 2.45. The fourth-order valence-electron chi connectivity index (χ4n) is 2.46. The lowest BCUT2D eigenvalue weighted by Gasteiger charge is -2.18. The summed E-state index contributed by atoms with van der Waals surface area (Å²) in [4.78, 5) is 12.2. The first-order valence-electron chi connectivity index (χ1n) is 6.93. The van der Waals surface area contributed by atoms with Crippen LogP contribution in [0.2, 0.25) is 0 Å². The number of nitrogens with two attached hydrogens (primary N) is 1. The lowest BCUT2D eigenvalue weighted by atomic mass is 10.1. The van der Waals surface area contributed by atoms with Crippen molar-refractivity contribution in [1.29, 1.82) is 0 Å². The minimum absolute atomic E-state index is 0.0851. The minimum atomic E-state index is -1.30. The van der Waals surface area contributed by atoms with Gasteiger partial charge in [0.2, 0.25) is 0 Å². The van der Waals surface area contributed by atoms with E-state index >= 15 is 0 Å². The molecule has 0 aliphatic carbocycles. The van der Waals surface area contributed by atoms with Gasteiger partial charge in [-0.1, -0.05) is 12.7 Å². The van der Waals surface area contributed by atoms with Gasteiger partial charge in [0, 0.05) is 0 Å². The van der Waals surface area contributed by atoms with Crippen LogP contribution in [0.5, 0.6) is 6.01 Å². The molecule has 0 bridgehead atoms. The molecular weight excluding hydrogens is 306 g/mol. The van der Waals surface area contributed by atoms with E-state index in [2.05, 4.69) is 21.5 Å². The summed E-state index contributed by atoms with van der Waals surface area (Å²) in [7, 11) is 0. The molecule has 3 heterocycles. The second-order valence-electron chi connectivity index (χ2n) is 5.02. The van der Waals surface area contributed by atoms with Crippen molar-refractivity contribution in [3.8, 4) is 6.01 Å². The van der Waals surface area contributed by atoms with Gasteiger partial charge in [-0.15, -0.1) is 0 Å². The average molecular weight is 323 g/mol. The van der Waals surface area contributed by atoms with Gasteiger partial charge in [0.1, 0.15) is 31.2 Å². The van der Waals surface area contributed by atoms with Crippen LogP contribution in [0.4, 0.5) is 5.82 Å². The van der Waals surface area contributed by atoms with E-state index in [1.165, 1.54) is 17.0 Å². The maximum Gasteiger partial charge on any atom is 0.301 e. The number of anilines is 1. The third kappa shape index (κ3) is 2.51. The fourth-order valence-corrected chi connectivity index (χ4v) is 2.46. The first-order valence-corrected chi connectivity index (χ1v) is 6.93. The molecule has 3 rings (SSSR count). The number of rotatable bonds is 5. The monoisotopic (exact) mass is 323 g/mol. The van der Waals surface area contributed by atoms with Gasteiger partial charge in [-0.2, -0.15) is 4.98 Å². The summed E-state index contributed by atoms with van der Waals surface area (Å²) in [5.41, 5.74) is 6.35. The van der Waals surface area contributed by atoms with Gasteiger partial charge < -0.3 is 30.5 Å². The highest BCUT2D eigenvalue weighted by Crippen LogP contribution is 2.35. The zero-order valence-electron chi connectivity index (χ0n) is 12.1. The summed E-state index contributed by atoms with van der Waals surface area (Å²) in [6.45, 7) is 3.27. The topological polar surface area (TPSA) is 149 Å². The number of imidazole rings is 1. The lowest BCUT2D eigenvalue weighted by Crippen LogP contribution is -2.33. The highest BCUT2D eigenvalue weighted by atomic mass is 16.6. The predicted octanol–water partition coefficient (Wildman–Crippen LogP) is -1.42. The lowest BCUT2D eigenvalue weighted by molar-refractivity contribution is -0.0540. The molecule has 2 aromatic heterocycles. The van der Waals surface area contributed by atoms with Crippen LogP contribution >= 0.6 is 0 Å². The summed E-state index contributed by atoms with van der Waals surface area (Å²) in [5.74, 6) is 0.143. The minimum Gasteiger partial charge on any atom is -0.460 e. The van der Waals surface area contributed by atoms with Crippen LogP contribution in [-0.4, -0.2) is 66.4 Å². The molecule has 0 saturated carbocycles. The van der Waals surface area contributed by atoms with Gasteiger partial charge in [0.05, 0.1) is 6.61 Å². The van der Waals surface area contributed by atoms with Crippen LogP contribution in [0.1, 0.15) is 6.23 Å². The summed E-state index contributed by atoms with van der Waals surface area (Å²) in [6, 6.07) is 0.0851. The Kier molecular flexibility index (Phi) is 4.13. The number of nitrogens with zero attached hydrogens (tertiary/aromatic N) is 4. The Morgan fingerprint density at radius 3 is 2.83 bits per heavy atom.